The number of methoxy groups -OCH3 is 2. The monoisotopic (exact) mass is 279 g/mol. The Bertz CT molecular complexity index is 471. The molecule has 1 aromatic rings. The predicted molar refractivity (Wildman–Crippen MR) is 75.4 cm³/mol. The molecule has 1 unspecified atom stereocenters. The molecule has 1 aromatic carbocycles. The van der Waals surface area contributed by atoms with Gasteiger partial charge in [-0.25, -0.2) is 0 Å². The van der Waals surface area contributed by atoms with Gasteiger partial charge in [-0.1, -0.05) is 0 Å². The number of nitrogens with one attached hydrogen (secondary N) is 1. The maximum absolute atomic E-state index is 11.0. The summed E-state index contributed by atoms with van der Waals surface area (Å²) in [6, 6.07) is 5.98. The number of hydrogen-bond acceptors (Lipinski definition) is 4. The first-order chi connectivity index (χ1) is 9.62. The van der Waals surface area contributed by atoms with E-state index in [9.17, 15) is 4.79 Å². The highest BCUT2D eigenvalue weighted by molar-refractivity contribution is 5.67. The van der Waals surface area contributed by atoms with Crippen LogP contribution >= 0.6 is 0 Å². The SMILES string of the molecule is COc1ccc(OC)c(CC(CC(=O)O)NC2CC2)c1. The van der Waals surface area contributed by atoms with Crippen molar-refractivity contribution in [3.8, 4) is 11.5 Å². The molecule has 0 heterocycles. The highest BCUT2D eigenvalue weighted by Crippen LogP contribution is 2.27. The van der Waals surface area contributed by atoms with Crippen LogP contribution in [0.1, 0.15) is 24.8 Å². The molecular weight excluding hydrogens is 258 g/mol. The third-order valence-electron chi connectivity index (χ3n) is 3.42. The molecule has 0 saturated heterocycles. The molecule has 0 aliphatic heterocycles. The second-order valence-electron chi connectivity index (χ2n) is 5.12. The summed E-state index contributed by atoms with van der Waals surface area (Å²) in [5.41, 5.74) is 0.964. The van der Waals surface area contributed by atoms with Gasteiger partial charge in [0, 0.05) is 12.1 Å². The van der Waals surface area contributed by atoms with Crippen molar-refractivity contribution in [2.45, 2.75) is 37.8 Å². The number of hydrogen-bond donors (Lipinski definition) is 2. The van der Waals surface area contributed by atoms with Crippen LogP contribution in [0.5, 0.6) is 11.5 Å². The quantitative estimate of drug-likeness (QED) is 0.760. The summed E-state index contributed by atoms with van der Waals surface area (Å²) in [4.78, 5) is 11.0. The van der Waals surface area contributed by atoms with Crippen LogP contribution in [-0.2, 0) is 11.2 Å². The minimum Gasteiger partial charge on any atom is -0.497 e. The van der Waals surface area contributed by atoms with E-state index in [0.717, 1.165) is 29.9 Å². The molecule has 5 nitrogen and oxygen atoms in total. The maximum atomic E-state index is 11.0. The lowest BCUT2D eigenvalue weighted by Gasteiger charge is -2.18. The zero-order valence-electron chi connectivity index (χ0n) is 11.9. The van der Waals surface area contributed by atoms with E-state index in [0.29, 0.717) is 12.5 Å². The van der Waals surface area contributed by atoms with Gasteiger partial charge in [-0.05, 0) is 43.0 Å². The van der Waals surface area contributed by atoms with Gasteiger partial charge in [0.15, 0.2) is 0 Å². The highest BCUT2D eigenvalue weighted by Gasteiger charge is 2.26. The van der Waals surface area contributed by atoms with Crippen molar-refractivity contribution >= 4 is 5.97 Å². The van der Waals surface area contributed by atoms with Crippen LogP contribution in [-0.4, -0.2) is 37.4 Å². The molecule has 1 atom stereocenters. The number of carboxylic acid groups (broad SMARTS) is 1. The number of aliphatic carboxylic acids is 1. The van der Waals surface area contributed by atoms with E-state index in [-0.39, 0.29) is 12.5 Å². The Morgan fingerprint density at radius 2 is 2.15 bits per heavy atom. The first kappa shape index (κ1) is 14.7. The number of carboxylic acids is 1. The van der Waals surface area contributed by atoms with Crippen LogP contribution in [0.4, 0.5) is 0 Å². The molecule has 1 aliphatic carbocycles. The summed E-state index contributed by atoms with van der Waals surface area (Å²) >= 11 is 0. The molecule has 0 radical (unpaired) electrons. The van der Waals surface area contributed by atoms with Crippen molar-refractivity contribution in [2.24, 2.45) is 0 Å². The topological polar surface area (TPSA) is 67.8 Å². The summed E-state index contributed by atoms with van der Waals surface area (Å²) in [5, 5.41) is 12.4. The Morgan fingerprint density at radius 3 is 2.70 bits per heavy atom. The Hall–Kier alpha value is -1.75. The van der Waals surface area contributed by atoms with Gasteiger partial charge in [0.05, 0.1) is 20.6 Å². The molecule has 2 rings (SSSR count). The lowest BCUT2D eigenvalue weighted by Crippen LogP contribution is -2.35. The average molecular weight is 279 g/mol. The standard InChI is InChI=1S/C15H21NO4/c1-19-13-5-6-14(20-2)10(8-13)7-12(9-15(17)18)16-11-3-4-11/h5-6,8,11-12,16H,3-4,7,9H2,1-2H3,(H,17,18). The van der Waals surface area contributed by atoms with E-state index in [2.05, 4.69) is 5.32 Å². The molecule has 2 N–H and O–H groups in total. The molecule has 110 valence electrons. The molecule has 5 heteroatoms. The normalized spacial score (nSPS) is 15.7. The Labute approximate surface area is 118 Å². The van der Waals surface area contributed by atoms with Crippen LogP contribution in [0, 0.1) is 0 Å². The van der Waals surface area contributed by atoms with Crippen LogP contribution in [0.25, 0.3) is 0 Å². The van der Waals surface area contributed by atoms with E-state index in [1.807, 2.05) is 18.2 Å². The fraction of sp³-hybridized carbons (Fsp3) is 0.533. The summed E-state index contributed by atoms with van der Waals surface area (Å²) in [6.45, 7) is 0. The van der Waals surface area contributed by atoms with Gasteiger partial charge in [-0.15, -0.1) is 0 Å². The highest BCUT2D eigenvalue weighted by atomic mass is 16.5. The van der Waals surface area contributed by atoms with E-state index >= 15 is 0 Å². The molecule has 0 spiro atoms. The van der Waals surface area contributed by atoms with E-state index in [1.165, 1.54) is 0 Å². The van der Waals surface area contributed by atoms with Gasteiger partial charge in [0.2, 0.25) is 0 Å². The Morgan fingerprint density at radius 1 is 1.40 bits per heavy atom. The number of ether oxygens (including phenoxy) is 2. The fourth-order valence-corrected chi connectivity index (χ4v) is 2.29. The lowest BCUT2D eigenvalue weighted by atomic mass is 10.0. The minimum atomic E-state index is -0.787. The molecule has 1 aliphatic rings. The van der Waals surface area contributed by atoms with Gasteiger partial charge in [-0.2, -0.15) is 0 Å². The Kier molecular flexibility index (Phi) is 4.84. The zero-order chi connectivity index (χ0) is 14.5. The molecule has 1 saturated carbocycles. The average Bonchev–Trinajstić information content (AvgIpc) is 3.21. The van der Waals surface area contributed by atoms with Gasteiger partial charge in [0.25, 0.3) is 0 Å². The van der Waals surface area contributed by atoms with Crippen molar-refractivity contribution in [3.05, 3.63) is 23.8 Å². The molecule has 0 amide bonds. The van der Waals surface area contributed by atoms with Gasteiger partial charge >= 0.3 is 5.97 Å². The smallest absolute Gasteiger partial charge is 0.304 e. The summed E-state index contributed by atoms with van der Waals surface area (Å²) in [7, 11) is 3.23. The second-order valence-corrected chi connectivity index (χ2v) is 5.12. The van der Waals surface area contributed by atoms with Crippen molar-refractivity contribution < 1.29 is 19.4 Å². The third-order valence-corrected chi connectivity index (χ3v) is 3.42. The first-order valence-corrected chi connectivity index (χ1v) is 6.81. The van der Waals surface area contributed by atoms with Crippen LogP contribution in [0.15, 0.2) is 18.2 Å². The Balaban J connectivity index is 2.12. The molecule has 0 bridgehead atoms. The molecule has 0 aromatic heterocycles. The van der Waals surface area contributed by atoms with Crippen LogP contribution in [0.3, 0.4) is 0 Å². The summed E-state index contributed by atoms with van der Waals surface area (Å²) in [6.07, 6.45) is 2.98. The lowest BCUT2D eigenvalue weighted by molar-refractivity contribution is -0.137. The third kappa shape index (κ3) is 4.13. The largest absolute Gasteiger partial charge is 0.497 e. The zero-order valence-corrected chi connectivity index (χ0v) is 11.9. The first-order valence-electron chi connectivity index (χ1n) is 6.81. The van der Waals surface area contributed by atoms with Crippen molar-refractivity contribution in [1.29, 1.82) is 0 Å². The fourth-order valence-electron chi connectivity index (χ4n) is 2.29. The van der Waals surface area contributed by atoms with Crippen LogP contribution < -0.4 is 14.8 Å². The molecule has 20 heavy (non-hydrogen) atoms. The predicted octanol–water partition coefficient (Wildman–Crippen LogP) is 1.84. The summed E-state index contributed by atoms with van der Waals surface area (Å²) in [5.74, 6) is 0.727. The summed E-state index contributed by atoms with van der Waals surface area (Å²) < 4.78 is 10.6. The number of rotatable bonds is 8. The van der Waals surface area contributed by atoms with Gasteiger partial charge in [-0.3, -0.25) is 4.79 Å². The second kappa shape index (κ2) is 6.61. The minimum absolute atomic E-state index is 0.0824. The van der Waals surface area contributed by atoms with Gasteiger partial charge in [0.1, 0.15) is 11.5 Å². The molecular formula is C15H21NO4. The number of carbonyl (C=O) groups is 1. The van der Waals surface area contributed by atoms with E-state index in [4.69, 9.17) is 14.6 Å². The van der Waals surface area contributed by atoms with Gasteiger partial charge < -0.3 is 19.9 Å². The van der Waals surface area contributed by atoms with E-state index in [1.54, 1.807) is 14.2 Å². The number of benzene rings is 1. The van der Waals surface area contributed by atoms with Crippen molar-refractivity contribution in [1.82, 2.24) is 5.32 Å². The van der Waals surface area contributed by atoms with Crippen LogP contribution in [0.2, 0.25) is 0 Å². The maximum Gasteiger partial charge on any atom is 0.304 e. The van der Waals surface area contributed by atoms with Crippen molar-refractivity contribution in [3.63, 3.8) is 0 Å². The molecule has 1 fully saturated rings. The van der Waals surface area contributed by atoms with Crippen molar-refractivity contribution in [2.75, 3.05) is 14.2 Å². The van der Waals surface area contributed by atoms with E-state index < -0.39 is 5.97 Å².